The first-order valence-electron chi connectivity index (χ1n) is 9.30. The molecule has 0 unspecified atom stereocenters. The second-order valence-electron chi connectivity index (χ2n) is 7.66. The maximum atomic E-state index is 12.3. The molecule has 0 bridgehead atoms. The van der Waals surface area contributed by atoms with Gasteiger partial charge in [0.15, 0.2) is 0 Å². The Morgan fingerprint density at radius 3 is 2.52 bits per heavy atom. The predicted octanol–water partition coefficient (Wildman–Crippen LogP) is 2.79. The van der Waals surface area contributed by atoms with Crippen LogP contribution >= 0.6 is 15.9 Å². The summed E-state index contributed by atoms with van der Waals surface area (Å²) >= 11 is 3.39. The minimum absolute atomic E-state index is 0.141. The van der Waals surface area contributed by atoms with Crippen LogP contribution in [0.15, 0.2) is 22.8 Å². The highest BCUT2D eigenvalue weighted by molar-refractivity contribution is 9.10. The van der Waals surface area contributed by atoms with E-state index < -0.39 is 11.7 Å². The summed E-state index contributed by atoms with van der Waals surface area (Å²) in [4.78, 5) is 32.5. The molecule has 0 aliphatic carbocycles. The topological polar surface area (TPSA) is 74.8 Å². The molecule has 0 spiro atoms. The Morgan fingerprint density at radius 1 is 1.22 bits per heavy atom. The molecule has 1 saturated heterocycles. The van der Waals surface area contributed by atoms with Crippen LogP contribution in [-0.4, -0.2) is 65.1 Å². The maximum Gasteiger partial charge on any atom is 0.407 e. The van der Waals surface area contributed by atoms with Crippen LogP contribution in [0.2, 0.25) is 0 Å². The Hall–Kier alpha value is -1.67. The second-order valence-corrected chi connectivity index (χ2v) is 8.57. The van der Waals surface area contributed by atoms with E-state index in [2.05, 4.69) is 31.1 Å². The zero-order valence-electron chi connectivity index (χ0n) is 16.3. The molecular weight excluding hydrogens is 412 g/mol. The summed E-state index contributed by atoms with van der Waals surface area (Å²) in [5.74, 6) is 0.141. The summed E-state index contributed by atoms with van der Waals surface area (Å²) in [5.41, 5.74) is 0.525. The Kier molecular flexibility index (Phi) is 8.04. The van der Waals surface area contributed by atoms with E-state index in [0.717, 1.165) is 42.9 Å². The number of hydrogen-bond donors (Lipinski definition) is 1. The van der Waals surface area contributed by atoms with Gasteiger partial charge in [-0.3, -0.25) is 14.7 Å². The average molecular weight is 441 g/mol. The quantitative estimate of drug-likeness (QED) is 0.688. The lowest BCUT2D eigenvalue weighted by Crippen LogP contribution is -2.48. The van der Waals surface area contributed by atoms with Crippen molar-refractivity contribution in [3.8, 4) is 0 Å². The molecule has 0 saturated carbocycles. The number of alkyl carbamates (subject to hydrolysis) is 1. The Bertz CT molecular complexity index is 623. The van der Waals surface area contributed by atoms with Gasteiger partial charge >= 0.3 is 6.09 Å². The molecule has 1 aliphatic heterocycles. The molecule has 2 amide bonds. The van der Waals surface area contributed by atoms with Gasteiger partial charge in [-0.2, -0.15) is 0 Å². The average Bonchev–Trinajstić information content (AvgIpc) is 2.60. The molecule has 7 nitrogen and oxygen atoms in total. The third kappa shape index (κ3) is 8.26. The van der Waals surface area contributed by atoms with E-state index in [1.807, 2.05) is 37.8 Å². The number of carbonyl (C=O) groups excluding carboxylic acids is 2. The minimum atomic E-state index is -0.509. The fourth-order valence-corrected chi connectivity index (χ4v) is 3.02. The first-order chi connectivity index (χ1) is 12.7. The lowest BCUT2D eigenvalue weighted by atomic mass is 10.2. The third-order valence-electron chi connectivity index (χ3n) is 4.13. The summed E-state index contributed by atoms with van der Waals surface area (Å²) in [6.07, 6.45) is 2.41. The minimum Gasteiger partial charge on any atom is -0.444 e. The van der Waals surface area contributed by atoms with Crippen molar-refractivity contribution >= 4 is 27.9 Å². The molecule has 0 aromatic carbocycles. The zero-order chi connectivity index (χ0) is 19.9. The van der Waals surface area contributed by atoms with E-state index in [1.165, 1.54) is 0 Å². The summed E-state index contributed by atoms with van der Waals surface area (Å²) in [7, 11) is 0. The zero-order valence-corrected chi connectivity index (χ0v) is 17.9. The van der Waals surface area contributed by atoms with Gasteiger partial charge in [-0.1, -0.05) is 0 Å². The normalized spacial score (nSPS) is 15.5. The van der Waals surface area contributed by atoms with Crippen LogP contribution in [-0.2, 0) is 16.1 Å². The molecule has 150 valence electrons. The first-order valence-corrected chi connectivity index (χ1v) is 10.1. The van der Waals surface area contributed by atoms with Crippen molar-refractivity contribution in [2.24, 2.45) is 0 Å². The third-order valence-corrected chi connectivity index (χ3v) is 4.60. The fourth-order valence-electron chi connectivity index (χ4n) is 2.79. The standard InChI is InChI=1S/C19H29BrN4O3/c1-19(2,3)27-18(26)21-8-4-5-17(25)24-11-9-23(10-12-24)14-16-7-6-15(20)13-22-16/h6-7,13H,4-5,8-12,14H2,1-3H3,(H,21,26). The highest BCUT2D eigenvalue weighted by Gasteiger charge is 2.21. The molecule has 1 aliphatic rings. The van der Waals surface area contributed by atoms with Crippen LogP contribution in [0, 0.1) is 0 Å². The molecule has 27 heavy (non-hydrogen) atoms. The van der Waals surface area contributed by atoms with Gasteiger partial charge in [-0.05, 0) is 55.3 Å². The number of nitrogens with zero attached hydrogens (tertiary/aromatic N) is 3. The molecule has 1 aromatic heterocycles. The van der Waals surface area contributed by atoms with E-state index in [1.54, 1.807) is 6.20 Å². The van der Waals surface area contributed by atoms with Crippen LogP contribution in [0.3, 0.4) is 0 Å². The molecule has 2 heterocycles. The number of carbonyl (C=O) groups is 2. The number of pyridine rings is 1. The number of rotatable bonds is 6. The number of hydrogen-bond acceptors (Lipinski definition) is 5. The largest absolute Gasteiger partial charge is 0.444 e. The van der Waals surface area contributed by atoms with E-state index in [0.29, 0.717) is 19.4 Å². The van der Waals surface area contributed by atoms with Crippen LogP contribution in [0.25, 0.3) is 0 Å². The summed E-state index contributed by atoms with van der Waals surface area (Å²) in [6.45, 7) is 9.86. The van der Waals surface area contributed by atoms with Crippen molar-refractivity contribution in [3.05, 3.63) is 28.5 Å². The Balaban J connectivity index is 1.62. The van der Waals surface area contributed by atoms with Crippen molar-refractivity contribution in [2.45, 2.75) is 45.8 Å². The number of ether oxygens (including phenoxy) is 1. The van der Waals surface area contributed by atoms with Crippen LogP contribution in [0.4, 0.5) is 4.79 Å². The highest BCUT2D eigenvalue weighted by atomic mass is 79.9. The van der Waals surface area contributed by atoms with E-state index in [9.17, 15) is 9.59 Å². The first kappa shape index (κ1) is 21.6. The van der Waals surface area contributed by atoms with Gasteiger partial charge in [-0.15, -0.1) is 0 Å². The van der Waals surface area contributed by atoms with Gasteiger partial charge in [-0.25, -0.2) is 4.79 Å². The number of piperazine rings is 1. The monoisotopic (exact) mass is 440 g/mol. The van der Waals surface area contributed by atoms with Gasteiger partial charge in [0, 0.05) is 56.4 Å². The van der Waals surface area contributed by atoms with Crippen LogP contribution in [0.1, 0.15) is 39.3 Å². The Labute approximate surface area is 169 Å². The SMILES string of the molecule is CC(C)(C)OC(=O)NCCCC(=O)N1CCN(Cc2ccc(Br)cn2)CC1. The fraction of sp³-hybridized carbons (Fsp3) is 0.632. The summed E-state index contributed by atoms with van der Waals surface area (Å²) in [5, 5.41) is 2.69. The molecule has 1 fully saturated rings. The Morgan fingerprint density at radius 2 is 1.93 bits per heavy atom. The van der Waals surface area contributed by atoms with E-state index >= 15 is 0 Å². The van der Waals surface area contributed by atoms with E-state index in [-0.39, 0.29) is 5.91 Å². The number of nitrogens with one attached hydrogen (secondary N) is 1. The van der Waals surface area contributed by atoms with Gasteiger partial charge < -0.3 is 15.0 Å². The van der Waals surface area contributed by atoms with Crippen LogP contribution < -0.4 is 5.32 Å². The van der Waals surface area contributed by atoms with Gasteiger partial charge in [0.2, 0.25) is 5.91 Å². The van der Waals surface area contributed by atoms with Gasteiger partial charge in [0.25, 0.3) is 0 Å². The number of aromatic nitrogens is 1. The lowest BCUT2D eigenvalue weighted by Gasteiger charge is -2.34. The van der Waals surface area contributed by atoms with Crippen molar-refractivity contribution in [1.29, 1.82) is 0 Å². The predicted molar refractivity (Wildman–Crippen MR) is 107 cm³/mol. The van der Waals surface area contributed by atoms with Crippen molar-refractivity contribution < 1.29 is 14.3 Å². The maximum absolute atomic E-state index is 12.3. The van der Waals surface area contributed by atoms with Crippen molar-refractivity contribution in [3.63, 3.8) is 0 Å². The highest BCUT2D eigenvalue weighted by Crippen LogP contribution is 2.12. The van der Waals surface area contributed by atoms with Crippen molar-refractivity contribution in [2.75, 3.05) is 32.7 Å². The molecule has 0 atom stereocenters. The van der Waals surface area contributed by atoms with Gasteiger partial charge in [0.1, 0.15) is 5.60 Å². The molecule has 0 radical (unpaired) electrons. The molecule has 1 N–H and O–H groups in total. The smallest absolute Gasteiger partial charge is 0.407 e. The van der Waals surface area contributed by atoms with Crippen LogP contribution in [0.5, 0.6) is 0 Å². The summed E-state index contributed by atoms with van der Waals surface area (Å²) < 4.78 is 6.14. The number of halogens is 1. The second kappa shape index (κ2) is 10.0. The summed E-state index contributed by atoms with van der Waals surface area (Å²) in [6, 6.07) is 4.01. The molecule has 1 aromatic rings. The van der Waals surface area contributed by atoms with E-state index in [4.69, 9.17) is 4.74 Å². The van der Waals surface area contributed by atoms with Gasteiger partial charge in [0.05, 0.1) is 5.69 Å². The van der Waals surface area contributed by atoms with Crippen molar-refractivity contribution in [1.82, 2.24) is 20.1 Å². The molecular formula is C19H29BrN4O3. The molecule has 8 heteroatoms. The number of amides is 2. The molecule has 2 rings (SSSR count). The lowest BCUT2D eigenvalue weighted by molar-refractivity contribution is -0.133.